The number of nitrogens with one attached hydrogen (secondary N) is 1. The van der Waals surface area contributed by atoms with Crippen molar-refractivity contribution >= 4 is 5.82 Å². The minimum atomic E-state index is -0.481. The summed E-state index contributed by atoms with van der Waals surface area (Å²) in [6.07, 6.45) is 3.78. The minimum Gasteiger partial charge on any atom is -0.366 e. The van der Waals surface area contributed by atoms with Gasteiger partial charge in [-0.25, -0.2) is 4.98 Å². The highest BCUT2D eigenvalue weighted by Crippen LogP contribution is 2.14. The highest BCUT2D eigenvalue weighted by Gasteiger charge is 2.13. The molecule has 0 aliphatic carbocycles. The smallest absolute Gasteiger partial charge is 0.214 e. The van der Waals surface area contributed by atoms with Crippen LogP contribution in [-0.4, -0.2) is 14.8 Å². The second kappa shape index (κ2) is 4.76. The first-order valence-corrected chi connectivity index (χ1v) is 5.85. The molecule has 0 saturated carbocycles. The van der Waals surface area contributed by atoms with E-state index in [1.807, 2.05) is 10.9 Å². The summed E-state index contributed by atoms with van der Waals surface area (Å²) in [6.45, 7) is 6.84. The maximum Gasteiger partial charge on any atom is 0.214 e. The number of aromatic nitrogens is 3. The summed E-state index contributed by atoms with van der Waals surface area (Å²) in [4.78, 5) is 3.74. The molecule has 0 atom stereocenters. The van der Waals surface area contributed by atoms with Gasteiger partial charge in [0, 0.05) is 18.3 Å². The zero-order valence-electron chi connectivity index (χ0n) is 10.8. The normalized spacial score (nSPS) is 11.6. The molecule has 2 aromatic heterocycles. The van der Waals surface area contributed by atoms with E-state index in [0.717, 1.165) is 5.56 Å². The van der Waals surface area contributed by atoms with Crippen molar-refractivity contribution in [1.82, 2.24) is 14.8 Å². The zero-order chi connectivity index (χ0) is 13.2. The summed E-state index contributed by atoms with van der Waals surface area (Å²) in [7, 11) is 0. The topological polar surface area (TPSA) is 42.7 Å². The summed E-state index contributed by atoms with van der Waals surface area (Å²) in [6, 6.07) is 4.68. The molecule has 1 N–H and O–H groups in total. The van der Waals surface area contributed by atoms with Crippen LogP contribution in [0.25, 0.3) is 0 Å². The molecule has 0 saturated heterocycles. The first kappa shape index (κ1) is 12.5. The molecule has 96 valence electrons. The number of hydrogen-bond acceptors (Lipinski definition) is 3. The van der Waals surface area contributed by atoms with Gasteiger partial charge in [0.25, 0.3) is 0 Å². The lowest BCUT2D eigenvalue weighted by molar-refractivity contribution is 0.355. The van der Waals surface area contributed by atoms with Gasteiger partial charge in [-0.1, -0.05) is 6.07 Å². The average Bonchev–Trinajstić information content (AvgIpc) is 2.74. The van der Waals surface area contributed by atoms with Gasteiger partial charge in [-0.15, -0.1) is 0 Å². The van der Waals surface area contributed by atoms with Crippen molar-refractivity contribution in [2.24, 2.45) is 0 Å². The highest BCUT2D eigenvalue weighted by atomic mass is 19.1. The third-order valence-electron chi connectivity index (χ3n) is 2.51. The lowest BCUT2D eigenvalue weighted by Gasteiger charge is -2.18. The molecule has 0 aliphatic rings. The number of anilines is 1. The van der Waals surface area contributed by atoms with Gasteiger partial charge in [-0.05, 0) is 32.9 Å². The van der Waals surface area contributed by atoms with E-state index in [4.69, 9.17) is 0 Å². The third-order valence-corrected chi connectivity index (χ3v) is 2.51. The van der Waals surface area contributed by atoms with Gasteiger partial charge in [-0.3, -0.25) is 4.68 Å². The molecule has 0 amide bonds. The molecule has 0 bridgehead atoms. The average molecular weight is 248 g/mol. The van der Waals surface area contributed by atoms with Crippen LogP contribution >= 0.6 is 0 Å². The second-order valence-corrected chi connectivity index (χ2v) is 5.16. The molecule has 0 aromatic carbocycles. The van der Waals surface area contributed by atoms with E-state index in [1.165, 1.54) is 6.07 Å². The van der Waals surface area contributed by atoms with Gasteiger partial charge in [-0.2, -0.15) is 9.49 Å². The Morgan fingerprint density at radius 3 is 2.72 bits per heavy atom. The van der Waals surface area contributed by atoms with Crippen LogP contribution in [0.5, 0.6) is 0 Å². The second-order valence-electron chi connectivity index (χ2n) is 5.16. The van der Waals surface area contributed by atoms with Crippen molar-refractivity contribution in [3.05, 3.63) is 42.1 Å². The van der Waals surface area contributed by atoms with Gasteiger partial charge in [0.05, 0.1) is 11.7 Å². The van der Waals surface area contributed by atoms with Crippen LogP contribution in [0, 0.1) is 5.95 Å². The molecule has 4 nitrogen and oxygen atoms in total. The molecular weight excluding hydrogens is 231 g/mol. The van der Waals surface area contributed by atoms with Gasteiger partial charge in [0.1, 0.15) is 5.82 Å². The van der Waals surface area contributed by atoms with Crippen molar-refractivity contribution < 1.29 is 4.39 Å². The van der Waals surface area contributed by atoms with E-state index in [0.29, 0.717) is 12.4 Å². The lowest BCUT2D eigenvalue weighted by Crippen LogP contribution is -2.21. The maximum absolute atomic E-state index is 12.9. The van der Waals surface area contributed by atoms with Gasteiger partial charge in [0.2, 0.25) is 5.95 Å². The fourth-order valence-corrected chi connectivity index (χ4v) is 1.52. The zero-order valence-corrected chi connectivity index (χ0v) is 10.8. The predicted molar refractivity (Wildman–Crippen MR) is 68.7 cm³/mol. The Bertz CT molecular complexity index is 528. The fraction of sp³-hybridized carbons (Fsp3) is 0.385. The first-order chi connectivity index (χ1) is 8.45. The molecule has 0 spiro atoms. The largest absolute Gasteiger partial charge is 0.366 e. The van der Waals surface area contributed by atoms with E-state index < -0.39 is 5.95 Å². The summed E-state index contributed by atoms with van der Waals surface area (Å²) >= 11 is 0. The van der Waals surface area contributed by atoms with E-state index in [9.17, 15) is 4.39 Å². The molecule has 2 rings (SSSR count). The lowest BCUT2D eigenvalue weighted by atomic mass is 10.1. The van der Waals surface area contributed by atoms with Gasteiger partial charge >= 0.3 is 0 Å². The third kappa shape index (κ3) is 3.06. The Kier molecular flexibility index (Phi) is 3.32. The van der Waals surface area contributed by atoms with E-state index >= 15 is 0 Å². The quantitative estimate of drug-likeness (QED) is 0.849. The molecular formula is C13H17FN4. The van der Waals surface area contributed by atoms with Gasteiger partial charge < -0.3 is 5.32 Å². The van der Waals surface area contributed by atoms with Crippen molar-refractivity contribution in [3.63, 3.8) is 0 Å². The first-order valence-electron chi connectivity index (χ1n) is 5.85. The van der Waals surface area contributed by atoms with Crippen molar-refractivity contribution in [1.29, 1.82) is 0 Å². The van der Waals surface area contributed by atoms with E-state index in [-0.39, 0.29) is 5.54 Å². The number of pyridine rings is 1. The van der Waals surface area contributed by atoms with Crippen LogP contribution in [-0.2, 0) is 12.1 Å². The van der Waals surface area contributed by atoms with E-state index in [1.54, 1.807) is 18.3 Å². The van der Waals surface area contributed by atoms with Crippen LogP contribution in [0.15, 0.2) is 30.6 Å². The Morgan fingerprint density at radius 2 is 2.11 bits per heavy atom. The van der Waals surface area contributed by atoms with Crippen LogP contribution < -0.4 is 5.32 Å². The molecule has 2 heterocycles. The molecule has 0 radical (unpaired) electrons. The molecule has 2 aromatic rings. The van der Waals surface area contributed by atoms with E-state index in [2.05, 4.69) is 36.2 Å². The van der Waals surface area contributed by atoms with Crippen LogP contribution in [0.4, 0.5) is 10.2 Å². The van der Waals surface area contributed by atoms with Crippen molar-refractivity contribution in [3.8, 4) is 0 Å². The summed E-state index contributed by atoms with van der Waals surface area (Å²) in [5.41, 5.74) is 1.01. The molecule has 18 heavy (non-hydrogen) atoms. The van der Waals surface area contributed by atoms with Crippen LogP contribution in [0.3, 0.4) is 0 Å². The summed E-state index contributed by atoms with van der Waals surface area (Å²) in [5.74, 6) is 0.0453. The number of hydrogen-bond donors (Lipinski definition) is 1. The predicted octanol–water partition coefficient (Wildman–Crippen LogP) is 2.78. The number of halogens is 1. The molecule has 0 aliphatic heterocycles. The monoisotopic (exact) mass is 248 g/mol. The molecule has 0 fully saturated rings. The molecule has 5 heteroatoms. The Balaban J connectivity index is 2.01. The SMILES string of the molecule is CC(C)(C)n1cc(CNc2cccc(F)n2)cn1. The summed E-state index contributed by atoms with van der Waals surface area (Å²) in [5, 5.41) is 7.36. The summed E-state index contributed by atoms with van der Waals surface area (Å²) < 4.78 is 14.8. The van der Waals surface area contributed by atoms with Crippen LogP contribution in [0.1, 0.15) is 26.3 Å². The number of rotatable bonds is 3. The molecule has 0 unspecified atom stereocenters. The Labute approximate surface area is 106 Å². The standard InChI is InChI=1S/C13H17FN4/c1-13(2,3)18-9-10(8-16-18)7-15-12-6-4-5-11(14)17-12/h4-6,8-9H,7H2,1-3H3,(H,15,17). The highest BCUT2D eigenvalue weighted by molar-refractivity contribution is 5.34. The Morgan fingerprint density at radius 1 is 1.33 bits per heavy atom. The van der Waals surface area contributed by atoms with Crippen molar-refractivity contribution in [2.45, 2.75) is 32.9 Å². The maximum atomic E-state index is 12.9. The Hall–Kier alpha value is -1.91. The minimum absolute atomic E-state index is 0.0324. The van der Waals surface area contributed by atoms with Gasteiger partial charge in [0.15, 0.2) is 0 Å². The van der Waals surface area contributed by atoms with Crippen molar-refractivity contribution in [2.75, 3.05) is 5.32 Å². The fourth-order valence-electron chi connectivity index (χ4n) is 1.52. The number of nitrogens with zero attached hydrogens (tertiary/aromatic N) is 3. The van der Waals surface area contributed by atoms with Crippen LogP contribution in [0.2, 0.25) is 0 Å².